The third-order valence-electron chi connectivity index (χ3n) is 3.11. The first-order valence-electron chi connectivity index (χ1n) is 5.75. The quantitative estimate of drug-likeness (QED) is 0.702. The summed E-state index contributed by atoms with van der Waals surface area (Å²) < 4.78 is 1.85. The fourth-order valence-corrected chi connectivity index (χ4v) is 1.84. The summed E-state index contributed by atoms with van der Waals surface area (Å²) in [5.41, 5.74) is 5.32. The van der Waals surface area contributed by atoms with Crippen molar-refractivity contribution < 1.29 is 4.79 Å². The van der Waals surface area contributed by atoms with E-state index in [0.717, 1.165) is 32.2 Å². The first kappa shape index (κ1) is 11.1. The molecular formula is C11H18N4O. The maximum atomic E-state index is 11.6. The van der Waals surface area contributed by atoms with Crippen molar-refractivity contribution in [3.63, 3.8) is 0 Å². The van der Waals surface area contributed by atoms with Gasteiger partial charge in [-0.1, -0.05) is 0 Å². The number of carbonyl (C=O) groups excluding carboxylic acids is 1. The Kier molecular flexibility index (Phi) is 3.24. The highest BCUT2D eigenvalue weighted by molar-refractivity contribution is 5.86. The maximum absolute atomic E-state index is 11.6. The van der Waals surface area contributed by atoms with E-state index in [4.69, 9.17) is 5.73 Å². The molecule has 0 bridgehead atoms. The van der Waals surface area contributed by atoms with Crippen LogP contribution >= 0.6 is 0 Å². The van der Waals surface area contributed by atoms with Crippen LogP contribution in [0.25, 0.3) is 0 Å². The molecule has 1 amide bonds. The van der Waals surface area contributed by atoms with Gasteiger partial charge in [-0.15, -0.1) is 0 Å². The van der Waals surface area contributed by atoms with Crippen LogP contribution in [0.1, 0.15) is 25.7 Å². The Bertz CT molecular complexity index is 343. The molecular weight excluding hydrogens is 204 g/mol. The summed E-state index contributed by atoms with van der Waals surface area (Å²) in [6.07, 6.45) is 7.25. The van der Waals surface area contributed by atoms with Crippen LogP contribution in [0, 0.1) is 0 Å². The zero-order chi connectivity index (χ0) is 11.4. The van der Waals surface area contributed by atoms with Crippen LogP contribution in [0.2, 0.25) is 0 Å². The van der Waals surface area contributed by atoms with Crippen LogP contribution in [0.3, 0.4) is 0 Å². The van der Waals surface area contributed by atoms with Crippen LogP contribution in [0.4, 0.5) is 0 Å². The highest BCUT2D eigenvalue weighted by Gasteiger charge is 2.39. The number of nitrogens with zero attached hydrogens (tertiary/aromatic N) is 2. The number of aromatic nitrogens is 2. The average Bonchev–Trinajstić information content (AvgIpc) is 2.73. The summed E-state index contributed by atoms with van der Waals surface area (Å²) in [6.45, 7) is 1.49. The van der Waals surface area contributed by atoms with Crippen molar-refractivity contribution in [2.45, 2.75) is 37.8 Å². The highest BCUT2D eigenvalue weighted by Crippen LogP contribution is 2.28. The minimum Gasteiger partial charge on any atom is -0.354 e. The van der Waals surface area contributed by atoms with Crippen molar-refractivity contribution in [3.8, 4) is 0 Å². The van der Waals surface area contributed by atoms with Gasteiger partial charge in [0.05, 0.1) is 5.54 Å². The Morgan fingerprint density at radius 1 is 1.56 bits per heavy atom. The molecule has 88 valence electrons. The van der Waals surface area contributed by atoms with Crippen molar-refractivity contribution in [2.75, 3.05) is 6.54 Å². The second kappa shape index (κ2) is 4.65. The molecule has 1 saturated carbocycles. The van der Waals surface area contributed by atoms with Crippen molar-refractivity contribution in [2.24, 2.45) is 5.73 Å². The van der Waals surface area contributed by atoms with Gasteiger partial charge in [0, 0.05) is 25.5 Å². The number of aryl methyl sites for hydroxylation is 1. The third-order valence-corrected chi connectivity index (χ3v) is 3.11. The monoisotopic (exact) mass is 222 g/mol. The molecule has 1 aromatic rings. The molecule has 0 unspecified atom stereocenters. The van der Waals surface area contributed by atoms with E-state index in [2.05, 4.69) is 10.4 Å². The summed E-state index contributed by atoms with van der Waals surface area (Å²) in [7, 11) is 0. The minimum atomic E-state index is -0.578. The summed E-state index contributed by atoms with van der Waals surface area (Å²) in [4.78, 5) is 11.6. The van der Waals surface area contributed by atoms with Gasteiger partial charge in [0.1, 0.15) is 0 Å². The van der Waals surface area contributed by atoms with Gasteiger partial charge in [-0.2, -0.15) is 5.10 Å². The van der Waals surface area contributed by atoms with E-state index in [1.165, 1.54) is 0 Å². The van der Waals surface area contributed by atoms with E-state index in [1.807, 2.05) is 16.9 Å². The third kappa shape index (κ3) is 2.41. The van der Waals surface area contributed by atoms with Gasteiger partial charge in [0.2, 0.25) is 5.91 Å². The largest absolute Gasteiger partial charge is 0.354 e. The van der Waals surface area contributed by atoms with E-state index >= 15 is 0 Å². The Balaban J connectivity index is 1.63. The van der Waals surface area contributed by atoms with Crippen LogP contribution in [0.5, 0.6) is 0 Å². The molecule has 0 aromatic carbocycles. The van der Waals surface area contributed by atoms with Crippen molar-refractivity contribution in [1.29, 1.82) is 0 Å². The zero-order valence-corrected chi connectivity index (χ0v) is 9.35. The van der Waals surface area contributed by atoms with E-state index in [1.54, 1.807) is 6.20 Å². The molecule has 0 radical (unpaired) electrons. The summed E-state index contributed by atoms with van der Waals surface area (Å²) in [6, 6.07) is 1.89. The Labute approximate surface area is 95.0 Å². The topological polar surface area (TPSA) is 72.9 Å². The number of nitrogens with two attached hydrogens (primary N) is 1. The summed E-state index contributed by atoms with van der Waals surface area (Å²) in [5, 5.41) is 6.97. The minimum absolute atomic E-state index is 0.000727. The van der Waals surface area contributed by atoms with Crippen LogP contribution in [-0.4, -0.2) is 27.8 Å². The molecule has 1 heterocycles. The zero-order valence-electron chi connectivity index (χ0n) is 9.35. The molecule has 1 aromatic heterocycles. The first-order valence-corrected chi connectivity index (χ1v) is 5.75. The Morgan fingerprint density at radius 3 is 2.94 bits per heavy atom. The highest BCUT2D eigenvalue weighted by atomic mass is 16.2. The lowest BCUT2D eigenvalue weighted by Crippen LogP contribution is -2.58. The lowest BCUT2D eigenvalue weighted by atomic mass is 9.77. The molecule has 1 aliphatic rings. The number of hydrogen-bond donors (Lipinski definition) is 2. The molecule has 0 spiro atoms. The Morgan fingerprint density at radius 2 is 2.38 bits per heavy atom. The number of rotatable bonds is 5. The predicted molar refractivity (Wildman–Crippen MR) is 60.6 cm³/mol. The second-order valence-electron chi connectivity index (χ2n) is 4.39. The van der Waals surface area contributed by atoms with Crippen molar-refractivity contribution >= 4 is 5.91 Å². The molecule has 5 heteroatoms. The number of amides is 1. The van der Waals surface area contributed by atoms with Crippen LogP contribution in [0.15, 0.2) is 18.5 Å². The SMILES string of the molecule is NC1(C(=O)NCCCn2cccn2)CCC1. The normalized spacial score (nSPS) is 17.8. The molecule has 3 N–H and O–H groups in total. The number of hydrogen-bond acceptors (Lipinski definition) is 3. The molecule has 0 aliphatic heterocycles. The standard InChI is InChI=1S/C11H18N4O/c12-11(4-1-5-11)10(16)13-6-2-8-15-9-3-7-14-15/h3,7,9H,1-2,4-6,8,12H2,(H,13,16). The lowest BCUT2D eigenvalue weighted by Gasteiger charge is -2.36. The van der Waals surface area contributed by atoms with E-state index in [-0.39, 0.29) is 5.91 Å². The summed E-state index contributed by atoms with van der Waals surface area (Å²) >= 11 is 0. The van der Waals surface area contributed by atoms with Crippen molar-refractivity contribution in [1.82, 2.24) is 15.1 Å². The van der Waals surface area contributed by atoms with Gasteiger partial charge < -0.3 is 11.1 Å². The fourth-order valence-electron chi connectivity index (χ4n) is 1.84. The number of carbonyl (C=O) groups is 1. The molecule has 2 rings (SSSR count). The molecule has 0 atom stereocenters. The van der Waals surface area contributed by atoms with E-state index in [0.29, 0.717) is 6.54 Å². The first-order chi connectivity index (χ1) is 7.71. The van der Waals surface area contributed by atoms with Crippen LogP contribution in [-0.2, 0) is 11.3 Å². The van der Waals surface area contributed by atoms with E-state index < -0.39 is 5.54 Å². The van der Waals surface area contributed by atoms with Gasteiger partial charge >= 0.3 is 0 Å². The van der Waals surface area contributed by atoms with Gasteiger partial charge in [-0.3, -0.25) is 9.48 Å². The lowest BCUT2D eigenvalue weighted by molar-refractivity contribution is -0.129. The smallest absolute Gasteiger partial charge is 0.240 e. The fraction of sp³-hybridized carbons (Fsp3) is 0.636. The Hall–Kier alpha value is -1.36. The van der Waals surface area contributed by atoms with Gasteiger partial charge in [0.25, 0.3) is 0 Å². The van der Waals surface area contributed by atoms with Gasteiger partial charge in [-0.25, -0.2) is 0 Å². The average molecular weight is 222 g/mol. The maximum Gasteiger partial charge on any atom is 0.240 e. The van der Waals surface area contributed by atoms with Gasteiger partial charge in [-0.05, 0) is 31.7 Å². The van der Waals surface area contributed by atoms with Gasteiger partial charge in [0.15, 0.2) is 0 Å². The van der Waals surface area contributed by atoms with E-state index in [9.17, 15) is 4.79 Å². The molecule has 1 aliphatic carbocycles. The molecule has 0 saturated heterocycles. The molecule has 16 heavy (non-hydrogen) atoms. The second-order valence-corrected chi connectivity index (χ2v) is 4.39. The molecule has 1 fully saturated rings. The van der Waals surface area contributed by atoms with Crippen LogP contribution < -0.4 is 11.1 Å². The molecule has 5 nitrogen and oxygen atoms in total. The van der Waals surface area contributed by atoms with Crippen molar-refractivity contribution in [3.05, 3.63) is 18.5 Å². The number of nitrogens with one attached hydrogen (secondary N) is 1. The predicted octanol–water partition coefficient (Wildman–Crippen LogP) is 0.271. The summed E-state index contributed by atoms with van der Waals surface area (Å²) in [5.74, 6) is -0.000727.